The van der Waals surface area contributed by atoms with E-state index >= 15 is 0 Å². The highest BCUT2D eigenvalue weighted by molar-refractivity contribution is 5.85. The molecule has 1 aliphatic heterocycles. The molecule has 0 aromatic rings. The molecule has 0 aromatic carbocycles. The summed E-state index contributed by atoms with van der Waals surface area (Å²) in [5.74, 6) is 1.68. The SMILES string of the molecule is CN=C(NCC1(C(=O)N(C)C)CCCC1)N(C)CC1CCOC1. The summed E-state index contributed by atoms with van der Waals surface area (Å²) >= 11 is 0. The molecule has 1 heterocycles. The molecule has 132 valence electrons. The van der Waals surface area contributed by atoms with Gasteiger partial charge in [0.2, 0.25) is 5.91 Å². The number of nitrogens with zero attached hydrogens (tertiary/aromatic N) is 3. The van der Waals surface area contributed by atoms with Crippen molar-refractivity contribution in [3.63, 3.8) is 0 Å². The number of aliphatic imine (C=N–C) groups is 1. The number of guanidine groups is 1. The van der Waals surface area contributed by atoms with E-state index in [-0.39, 0.29) is 11.3 Å². The van der Waals surface area contributed by atoms with Crippen LogP contribution >= 0.6 is 0 Å². The Morgan fingerprint density at radius 3 is 2.52 bits per heavy atom. The maximum absolute atomic E-state index is 12.6. The second-order valence-corrected chi connectivity index (χ2v) is 7.20. The highest BCUT2D eigenvalue weighted by atomic mass is 16.5. The van der Waals surface area contributed by atoms with Crippen molar-refractivity contribution in [3.8, 4) is 0 Å². The van der Waals surface area contributed by atoms with Crippen LogP contribution in [0.1, 0.15) is 32.1 Å². The minimum absolute atomic E-state index is 0.241. The molecule has 6 nitrogen and oxygen atoms in total. The van der Waals surface area contributed by atoms with Crippen LogP contribution in [0.3, 0.4) is 0 Å². The topological polar surface area (TPSA) is 57.2 Å². The fourth-order valence-corrected chi connectivity index (χ4v) is 3.83. The molecule has 2 fully saturated rings. The number of hydrogen-bond donors (Lipinski definition) is 1. The van der Waals surface area contributed by atoms with E-state index in [1.54, 1.807) is 11.9 Å². The first-order valence-corrected chi connectivity index (χ1v) is 8.70. The Bertz CT molecular complexity index is 424. The Hall–Kier alpha value is -1.30. The first-order valence-electron chi connectivity index (χ1n) is 8.70. The van der Waals surface area contributed by atoms with Gasteiger partial charge in [0.25, 0.3) is 0 Å². The first-order chi connectivity index (χ1) is 11.0. The van der Waals surface area contributed by atoms with E-state index in [1.807, 2.05) is 14.1 Å². The van der Waals surface area contributed by atoms with Crippen LogP contribution in [0.4, 0.5) is 0 Å². The molecule has 2 aliphatic rings. The fraction of sp³-hybridized carbons (Fsp3) is 0.882. The summed E-state index contributed by atoms with van der Waals surface area (Å²) in [5.41, 5.74) is -0.267. The standard InChI is InChI=1S/C17H32N4O2/c1-18-16(21(4)11-14-7-10-23-12-14)19-13-17(8-5-6-9-17)15(22)20(2)3/h14H,5-13H2,1-4H3,(H,18,19). The fourth-order valence-electron chi connectivity index (χ4n) is 3.83. The minimum Gasteiger partial charge on any atom is -0.381 e. The molecule has 1 aliphatic carbocycles. The van der Waals surface area contributed by atoms with Gasteiger partial charge in [0.05, 0.1) is 12.0 Å². The minimum atomic E-state index is -0.267. The van der Waals surface area contributed by atoms with Gasteiger partial charge in [-0.1, -0.05) is 12.8 Å². The van der Waals surface area contributed by atoms with E-state index in [0.29, 0.717) is 12.5 Å². The van der Waals surface area contributed by atoms with Gasteiger partial charge in [-0.2, -0.15) is 0 Å². The van der Waals surface area contributed by atoms with Gasteiger partial charge in [-0.3, -0.25) is 9.79 Å². The molecule has 23 heavy (non-hydrogen) atoms. The number of ether oxygens (including phenoxy) is 1. The monoisotopic (exact) mass is 324 g/mol. The van der Waals surface area contributed by atoms with Gasteiger partial charge in [0.15, 0.2) is 5.96 Å². The van der Waals surface area contributed by atoms with Crippen molar-refractivity contribution in [2.45, 2.75) is 32.1 Å². The number of rotatable bonds is 5. The molecule has 1 saturated heterocycles. The van der Waals surface area contributed by atoms with Crippen molar-refractivity contribution in [1.82, 2.24) is 15.1 Å². The number of amides is 1. The normalized spacial score (nSPS) is 23.8. The zero-order chi connectivity index (χ0) is 16.9. The number of carbonyl (C=O) groups is 1. The zero-order valence-electron chi connectivity index (χ0n) is 15.1. The quantitative estimate of drug-likeness (QED) is 0.609. The predicted molar refractivity (Wildman–Crippen MR) is 92.5 cm³/mol. The molecule has 0 aromatic heterocycles. The molecule has 1 atom stereocenters. The number of carbonyl (C=O) groups excluding carboxylic acids is 1. The molecule has 1 N–H and O–H groups in total. The second kappa shape index (κ2) is 7.99. The molecule has 6 heteroatoms. The second-order valence-electron chi connectivity index (χ2n) is 7.20. The Balaban J connectivity index is 1.93. The highest BCUT2D eigenvalue weighted by Crippen LogP contribution is 2.38. The summed E-state index contributed by atoms with van der Waals surface area (Å²) < 4.78 is 5.45. The maximum atomic E-state index is 12.6. The van der Waals surface area contributed by atoms with Crippen LogP contribution in [0, 0.1) is 11.3 Å². The van der Waals surface area contributed by atoms with Crippen LogP contribution in [0.2, 0.25) is 0 Å². The molecule has 0 bridgehead atoms. The van der Waals surface area contributed by atoms with Crippen LogP contribution < -0.4 is 5.32 Å². The van der Waals surface area contributed by atoms with Crippen LogP contribution in [0.15, 0.2) is 4.99 Å². The van der Waals surface area contributed by atoms with Gasteiger partial charge in [0.1, 0.15) is 0 Å². The van der Waals surface area contributed by atoms with Crippen molar-refractivity contribution >= 4 is 11.9 Å². The largest absolute Gasteiger partial charge is 0.381 e. The van der Waals surface area contributed by atoms with Gasteiger partial charge in [-0.05, 0) is 19.3 Å². The molecule has 2 rings (SSSR count). The Labute approximate surface area is 140 Å². The average Bonchev–Trinajstić information content (AvgIpc) is 3.19. The zero-order valence-corrected chi connectivity index (χ0v) is 15.1. The number of nitrogens with one attached hydrogen (secondary N) is 1. The van der Waals surface area contributed by atoms with Gasteiger partial charge >= 0.3 is 0 Å². The van der Waals surface area contributed by atoms with E-state index in [2.05, 4.69) is 22.3 Å². The Kier molecular flexibility index (Phi) is 6.27. The summed E-state index contributed by atoms with van der Waals surface area (Å²) in [7, 11) is 7.56. The van der Waals surface area contributed by atoms with Crippen molar-refractivity contribution < 1.29 is 9.53 Å². The van der Waals surface area contributed by atoms with Crippen molar-refractivity contribution in [3.05, 3.63) is 0 Å². The van der Waals surface area contributed by atoms with Gasteiger partial charge < -0.3 is 19.9 Å². The molecule has 1 unspecified atom stereocenters. The predicted octanol–water partition coefficient (Wildman–Crippen LogP) is 1.18. The van der Waals surface area contributed by atoms with Crippen LogP contribution in [-0.2, 0) is 9.53 Å². The summed E-state index contributed by atoms with van der Waals surface area (Å²) in [6.07, 6.45) is 5.32. The third-order valence-electron chi connectivity index (χ3n) is 5.13. The van der Waals surface area contributed by atoms with E-state index in [0.717, 1.165) is 57.8 Å². The smallest absolute Gasteiger partial charge is 0.230 e. The van der Waals surface area contributed by atoms with Crippen LogP contribution in [0.25, 0.3) is 0 Å². The molecule has 1 amide bonds. The van der Waals surface area contributed by atoms with Crippen molar-refractivity contribution in [2.75, 3.05) is 54.5 Å². The molecule has 0 spiro atoms. The average molecular weight is 324 g/mol. The summed E-state index contributed by atoms with van der Waals surface area (Å²) in [6, 6.07) is 0. The van der Waals surface area contributed by atoms with Gasteiger partial charge in [-0.25, -0.2) is 0 Å². The lowest BCUT2D eigenvalue weighted by molar-refractivity contribution is -0.138. The first kappa shape index (κ1) is 18.0. The lowest BCUT2D eigenvalue weighted by atomic mass is 9.84. The molecule has 0 radical (unpaired) electrons. The number of hydrogen-bond acceptors (Lipinski definition) is 3. The molecule has 1 saturated carbocycles. The summed E-state index contributed by atoms with van der Waals surface area (Å²) in [6.45, 7) is 3.31. The summed E-state index contributed by atoms with van der Waals surface area (Å²) in [4.78, 5) is 20.9. The maximum Gasteiger partial charge on any atom is 0.230 e. The molecular formula is C17H32N4O2. The summed E-state index contributed by atoms with van der Waals surface area (Å²) in [5, 5.41) is 3.45. The third kappa shape index (κ3) is 4.37. The van der Waals surface area contributed by atoms with Crippen LogP contribution in [-0.4, -0.2) is 76.2 Å². The lowest BCUT2D eigenvalue weighted by Crippen LogP contribution is -2.50. The van der Waals surface area contributed by atoms with Gasteiger partial charge in [-0.15, -0.1) is 0 Å². The highest BCUT2D eigenvalue weighted by Gasteiger charge is 2.42. The molecular weight excluding hydrogens is 292 g/mol. The van der Waals surface area contributed by atoms with E-state index in [1.165, 1.54) is 0 Å². The Morgan fingerprint density at radius 2 is 2.00 bits per heavy atom. The van der Waals surface area contributed by atoms with E-state index in [9.17, 15) is 4.79 Å². The lowest BCUT2D eigenvalue weighted by Gasteiger charge is -2.33. The van der Waals surface area contributed by atoms with E-state index < -0.39 is 0 Å². The van der Waals surface area contributed by atoms with Crippen LogP contribution in [0.5, 0.6) is 0 Å². The van der Waals surface area contributed by atoms with Crippen molar-refractivity contribution in [2.24, 2.45) is 16.3 Å². The van der Waals surface area contributed by atoms with Gasteiger partial charge in [0, 0.05) is 53.8 Å². The third-order valence-corrected chi connectivity index (χ3v) is 5.13. The Morgan fingerprint density at radius 1 is 1.30 bits per heavy atom. The van der Waals surface area contributed by atoms with E-state index in [4.69, 9.17) is 4.74 Å². The van der Waals surface area contributed by atoms with Crippen molar-refractivity contribution in [1.29, 1.82) is 0 Å².